The largest absolute Gasteiger partial charge is 0.451 e. The minimum Gasteiger partial charge on any atom is -0.451 e. The van der Waals surface area contributed by atoms with Crippen molar-refractivity contribution in [2.45, 2.75) is 4.90 Å². The van der Waals surface area contributed by atoms with Crippen molar-refractivity contribution >= 4 is 39.0 Å². The number of ether oxygens (including phenoxy) is 1. The van der Waals surface area contributed by atoms with Crippen molar-refractivity contribution in [3.05, 3.63) is 53.3 Å². The Labute approximate surface area is 143 Å². The van der Waals surface area contributed by atoms with Gasteiger partial charge in [0.15, 0.2) is 16.4 Å². The normalized spacial score (nSPS) is 10.9. The lowest BCUT2D eigenvalue weighted by atomic mass is 10.3. The van der Waals surface area contributed by atoms with E-state index in [2.05, 4.69) is 10.3 Å². The average Bonchev–Trinajstić information content (AvgIpc) is 2.54. The molecular formula is C15H13ClN2O5S. The quantitative estimate of drug-likeness (QED) is 0.809. The van der Waals surface area contributed by atoms with Crippen LogP contribution in [0, 0.1) is 0 Å². The van der Waals surface area contributed by atoms with E-state index in [9.17, 15) is 18.0 Å². The van der Waals surface area contributed by atoms with Crippen LogP contribution in [-0.4, -0.2) is 38.1 Å². The van der Waals surface area contributed by atoms with Crippen LogP contribution in [0.2, 0.25) is 5.02 Å². The van der Waals surface area contributed by atoms with Gasteiger partial charge in [-0.1, -0.05) is 17.7 Å². The van der Waals surface area contributed by atoms with Gasteiger partial charge < -0.3 is 10.1 Å². The number of rotatable bonds is 5. The number of sulfone groups is 1. The maximum Gasteiger partial charge on any atom is 0.357 e. The summed E-state index contributed by atoms with van der Waals surface area (Å²) in [4.78, 5) is 27.3. The van der Waals surface area contributed by atoms with E-state index < -0.39 is 28.3 Å². The van der Waals surface area contributed by atoms with Crippen molar-refractivity contribution in [1.82, 2.24) is 4.98 Å². The highest BCUT2D eigenvalue weighted by Crippen LogP contribution is 2.25. The van der Waals surface area contributed by atoms with Crippen LogP contribution in [0.4, 0.5) is 5.69 Å². The molecule has 1 amide bonds. The number of anilines is 1. The Morgan fingerprint density at radius 2 is 2.00 bits per heavy atom. The molecule has 24 heavy (non-hydrogen) atoms. The summed E-state index contributed by atoms with van der Waals surface area (Å²) in [5, 5.41) is 2.56. The second kappa shape index (κ2) is 7.41. The number of benzene rings is 1. The topological polar surface area (TPSA) is 102 Å². The molecule has 1 aromatic heterocycles. The molecule has 9 heteroatoms. The number of hydrogen-bond acceptors (Lipinski definition) is 6. The maximum absolute atomic E-state index is 11.8. The molecule has 0 saturated carbocycles. The fourth-order valence-corrected chi connectivity index (χ4v) is 2.52. The van der Waals surface area contributed by atoms with Gasteiger partial charge in [0.2, 0.25) is 0 Å². The molecule has 0 spiro atoms. The van der Waals surface area contributed by atoms with E-state index in [-0.39, 0.29) is 21.3 Å². The summed E-state index contributed by atoms with van der Waals surface area (Å²) >= 11 is 5.92. The number of nitrogens with one attached hydrogen (secondary N) is 1. The highest BCUT2D eigenvalue weighted by atomic mass is 35.5. The molecule has 0 unspecified atom stereocenters. The minimum absolute atomic E-state index is 0.00711. The summed E-state index contributed by atoms with van der Waals surface area (Å²) in [5.41, 5.74) is 0.181. The predicted octanol–water partition coefficient (Wildman–Crippen LogP) is 1.93. The first-order valence-electron chi connectivity index (χ1n) is 6.65. The van der Waals surface area contributed by atoms with Gasteiger partial charge in [-0.3, -0.25) is 4.79 Å². The number of esters is 1. The maximum atomic E-state index is 11.8. The first-order valence-corrected chi connectivity index (χ1v) is 8.92. The van der Waals surface area contributed by atoms with Gasteiger partial charge in [-0.2, -0.15) is 0 Å². The Bertz CT molecular complexity index is 869. The molecule has 0 atom stereocenters. The molecular weight excluding hydrogens is 356 g/mol. The van der Waals surface area contributed by atoms with Crippen LogP contribution in [0.1, 0.15) is 10.5 Å². The second-order valence-corrected chi connectivity index (χ2v) is 7.18. The number of aromatic nitrogens is 1. The van der Waals surface area contributed by atoms with E-state index >= 15 is 0 Å². The summed E-state index contributed by atoms with van der Waals surface area (Å²) in [5.74, 6) is -1.41. The summed E-state index contributed by atoms with van der Waals surface area (Å²) < 4.78 is 27.9. The van der Waals surface area contributed by atoms with Crippen molar-refractivity contribution in [1.29, 1.82) is 0 Å². The standard InChI is InChI=1S/C15H13ClN2O5S/c1-24(21,22)10-5-6-11(16)13(8-10)18-14(19)9-23-15(20)12-4-2-3-7-17-12/h2-8H,9H2,1H3,(H,18,19). The van der Waals surface area contributed by atoms with Gasteiger partial charge in [-0.25, -0.2) is 18.2 Å². The van der Waals surface area contributed by atoms with E-state index in [1.54, 1.807) is 12.1 Å². The Morgan fingerprint density at radius 1 is 1.25 bits per heavy atom. The van der Waals surface area contributed by atoms with E-state index in [1.165, 1.54) is 30.5 Å². The van der Waals surface area contributed by atoms with E-state index in [0.717, 1.165) is 6.26 Å². The molecule has 0 aliphatic heterocycles. The molecule has 2 rings (SSSR count). The highest BCUT2D eigenvalue weighted by molar-refractivity contribution is 7.90. The van der Waals surface area contributed by atoms with Crippen molar-refractivity contribution in [2.24, 2.45) is 0 Å². The Morgan fingerprint density at radius 3 is 2.62 bits per heavy atom. The number of pyridine rings is 1. The van der Waals surface area contributed by atoms with E-state index in [0.29, 0.717) is 0 Å². The van der Waals surface area contributed by atoms with Crippen LogP contribution >= 0.6 is 11.6 Å². The summed E-state index contributed by atoms with van der Waals surface area (Å²) in [7, 11) is -3.44. The minimum atomic E-state index is -3.44. The fraction of sp³-hybridized carbons (Fsp3) is 0.133. The molecule has 1 heterocycles. The summed E-state index contributed by atoms with van der Waals surface area (Å²) in [6.45, 7) is -0.561. The Hall–Kier alpha value is -2.45. The number of carbonyl (C=O) groups excluding carboxylic acids is 2. The number of carbonyl (C=O) groups is 2. The van der Waals surface area contributed by atoms with E-state index in [1.807, 2.05) is 0 Å². The van der Waals surface area contributed by atoms with Gasteiger partial charge in [0.25, 0.3) is 5.91 Å². The molecule has 1 aromatic carbocycles. The van der Waals surface area contributed by atoms with Crippen LogP contribution < -0.4 is 5.32 Å². The van der Waals surface area contributed by atoms with Crippen molar-refractivity contribution in [2.75, 3.05) is 18.2 Å². The van der Waals surface area contributed by atoms with Gasteiger partial charge >= 0.3 is 5.97 Å². The second-order valence-electron chi connectivity index (χ2n) is 4.75. The van der Waals surface area contributed by atoms with Crippen LogP contribution in [0.15, 0.2) is 47.5 Å². The van der Waals surface area contributed by atoms with Crippen LogP contribution in [0.3, 0.4) is 0 Å². The number of halogens is 1. The molecule has 0 aliphatic carbocycles. The summed E-state index contributed by atoms with van der Waals surface area (Å²) in [6.07, 6.45) is 2.46. The Kier molecular flexibility index (Phi) is 5.53. The molecule has 2 aromatic rings. The van der Waals surface area contributed by atoms with Crippen molar-refractivity contribution in [3.63, 3.8) is 0 Å². The highest BCUT2D eigenvalue weighted by Gasteiger charge is 2.14. The first-order chi connectivity index (χ1) is 11.3. The third-order valence-electron chi connectivity index (χ3n) is 2.85. The molecule has 0 saturated heterocycles. The summed E-state index contributed by atoms with van der Waals surface area (Å²) in [6, 6.07) is 8.62. The van der Waals surface area contributed by atoms with Gasteiger partial charge in [-0.05, 0) is 30.3 Å². The molecule has 0 aliphatic rings. The fourth-order valence-electron chi connectivity index (χ4n) is 1.71. The number of hydrogen-bond donors (Lipinski definition) is 1. The molecule has 0 bridgehead atoms. The SMILES string of the molecule is CS(=O)(=O)c1ccc(Cl)c(NC(=O)COC(=O)c2ccccn2)c1. The van der Waals surface area contributed by atoms with Crippen molar-refractivity contribution < 1.29 is 22.7 Å². The zero-order valence-electron chi connectivity index (χ0n) is 12.5. The number of amides is 1. The smallest absolute Gasteiger partial charge is 0.357 e. The lowest BCUT2D eigenvalue weighted by Gasteiger charge is -2.09. The third kappa shape index (κ3) is 4.77. The van der Waals surface area contributed by atoms with Gasteiger partial charge in [0.05, 0.1) is 15.6 Å². The zero-order chi connectivity index (χ0) is 17.7. The molecule has 7 nitrogen and oxygen atoms in total. The van der Waals surface area contributed by atoms with E-state index in [4.69, 9.17) is 16.3 Å². The van der Waals surface area contributed by atoms with Crippen LogP contribution in [-0.2, 0) is 19.4 Å². The van der Waals surface area contributed by atoms with Crippen molar-refractivity contribution in [3.8, 4) is 0 Å². The number of nitrogens with zero attached hydrogens (tertiary/aromatic N) is 1. The Balaban J connectivity index is 2.01. The lowest BCUT2D eigenvalue weighted by Crippen LogP contribution is -2.21. The van der Waals surface area contributed by atoms with Gasteiger partial charge in [-0.15, -0.1) is 0 Å². The van der Waals surface area contributed by atoms with Crippen LogP contribution in [0.5, 0.6) is 0 Å². The molecule has 0 radical (unpaired) electrons. The monoisotopic (exact) mass is 368 g/mol. The van der Waals surface area contributed by atoms with Gasteiger partial charge in [0, 0.05) is 12.5 Å². The average molecular weight is 369 g/mol. The molecule has 126 valence electrons. The van der Waals surface area contributed by atoms with Gasteiger partial charge in [0.1, 0.15) is 5.69 Å². The lowest BCUT2D eigenvalue weighted by molar-refractivity contribution is -0.119. The zero-order valence-corrected chi connectivity index (χ0v) is 14.1. The van der Waals surface area contributed by atoms with Crippen LogP contribution in [0.25, 0.3) is 0 Å². The molecule has 1 N–H and O–H groups in total. The molecule has 0 fully saturated rings. The first kappa shape index (κ1) is 17.9. The predicted molar refractivity (Wildman–Crippen MR) is 87.7 cm³/mol. The third-order valence-corrected chi connectivity index (χ3v) is 4.29.